The summed E-state index contributed by atoms with van der Waals surface area (Å²) in [5, 5.41) is 0. The van der Waals surface area contributed by atoms with Crippen molar-refractivity contribution >= 4 is 10.8 Å². The van der Waals surface area contributed by atoms with E-state index in [4.69, 9.17) is 4.74 Å². The largest absolute Gasteiger partial charge is 0.374 e. The highest BCUT2D eigenvalue weighted by atomic mass is 32.2. The summed E-state index contributed by atoms with van der Waals surface area (Å²) in [4.78, 5) is 0.933. The Morgan fingerprint density at radius 2 is 1.74 bits per heavy atom. The molecule has 1 aliphatic rings. The minimum Gasteiger partial charge on any atom is -0.374 e. The smallest absolute Gasteiger partial charge is 0.0697 e. The molecule has 3 heteroatoms. The Labute approximate surface area is 144 Å². The standard InChI is InChI=1S/C20H32O2S/c1-3-4-5-6-9-18-10-7-8-11-19(22-18)16-23(21)20-14-12-17(2)13-15-20/h12-15,18-19H,3-11,16H2,1-2H3/t18-,19-,23+/m0/s1. The van der Waals surface area contributed by atoms with Gasteiger partial charge in [-0.1, -0.05) is 63.1 Å². The van der Waals surface area contributed by atoms with Crippen molar-refractivity contribution in [1.82, 2.24) is 0 Å². The molecule has 1 aromatic carbocycles. The normalized spacial score (nSPS) is 23.4. The average molecular weight is 337 g/mol. The molecule has 0 spiro atoms. The van der Waals surface area contributed by atoms with Gasteiger partial charge in [-0.15, -0.1) is 0 Å². The Kier molecular flexibility index (Phi) is 8.32. The predicted octanol–water partition coefficient (Wildman–Crippen LogP) is 5.40. The van der Waals surface area contributed by atoms with E-state index in [-0.39, 0.29) is 6.10 Å². The average Bonchev–Trinajstić information content (AvgIpc) is 2.77. The number of unbranched alkanes of at least 4 members (excludes halogenated alkanes) is 3. The fourth-order valence-electron chi connectivity index (χ4n) is 3.24. The molecule has 2 rings (SSSR count). The number of aryl methyl sites for hydroxylation is 1. The first kappa shape index (κ1) is 18.7. The van der Waals surface area contributed by atoms with Crippen LogP contribution in [0.25, 0.3) is 0 Å². The van der Waals surface area contributed by atoms with E-state index >= 15 is 0 Å². The molecule has 23 heavy (non-hydrogen) atoms. The number of rotatable bonds is 8. The summed E-state index contributed by atoms with van der Waals surface area (Å²) in [6.45, 7) is 4.31. The second-order valence-electron chi connectivity index (χ2n) is 6.84. The van der Waals surface area contributed by atoms with Crippen LogP contribution in [0.15, 0.2) is 29.2 Å². The monoisotopic (exact) mass is 336 g/mol. The van der Waals surface area contributed by atoms with Crippen LogP contribution in [0.3, 0.4) is 0 Å². The molecular weight excluding hydrogens is 304 g/mol. The molecule has 0 saturated carbocycles. The van der Waals surface area contributed by atoms with Crippen molar-refractivity contribution in [3.8, 4) is 0 Å². The van der Waals surface area contributed by atoms with E-state index in [1.54, 1.807) is 0 Å². The maximum Gasteiger partial charge on any atom is 0.0697 e. The molecule has 0 N–H and O–H groups in total. The molecule has 0 bridgehead atoms. The van der Waals surface area contributed by atoms with Crippen LogP contribution in [-0.4, -0.2) is 22.2 Å². The van der Waals surface area contributed by atoms with Crippen LogP contribution in [0.5, 0.6) is 0 Å². The number of ether oxygens (including phenoxy) is 1. The fraction of sp³-hybridized carbons (Fsp3) is 0.700. The first-order chi connectivity index (χ1) is 11.2. The van der Waals surface area contributed by atoms with Crippen LogP contribution >= 0.6 is 0 Å². The van der Waals surface area contributed by atoms with Crippen molar-refractivity contribution in [2.24, 2.45) is 0 Å². The molecule has 0 aromatic heterocycles. The zero-order valence-electron chi connectivity index (χ0n) is 14.8. The van der Waals surface area contributed by atoms with Gasteiger partial charge in [0.15, 0.2) is 0 Å². The summed E-state index contributed by atoms with van der Waals surface area (Å²) in [6.07, 6.45) is 11.6. The highest BCUT2D eigenvalue weighted by Crippen LogP contribution is 2.24. The molecule has 0 unspecified atom stereocenters. The van der Waals surface area contributed by atoms with Crippen LogP contribution < -0.4 is 0 Å². The third-order valence-corrected chi connectivity index (χ3v) is 6.16. The summed E-state index contributed by atoms with van der Waals surface area (Å²) in [5.74, 6) is 0.647. The summed E-state index contributed by atoms with van der Waals surface area (Å²) >= 11 is 0. The lowest BCUT2D eigenvalue weighted by molar-refractivity contribution is -0.00126. The van der Waals surface area contributed by atoms with Gasteiger partial charge in [0.25, 0.3) is 0 Å². The van der Waals surface area contributed by atoms with Gasteiger partial charge in [-0.25, -0.2) is 0 Å². The molecule has 1 fully saturated rings. The third kappa shape index (κ3) is 6.76. The Morgan fingerprint density at radius 3 is 2.43 bits per heavy atom. The van der Waals surface area contributed by atoms with E-state index in [1.165, 1.54) is 56.9 Å². The first-order valence-corrected chi connectivity index (χ1v) is 10.6. The topological polar surface area (TPSA) is 26.3 Å². The second-order valence-corrected chi connectivity index (χ2v) is 8.33. The summed E-state index contributed by atoms with van der Waals surface area (Å²) in [6, 6.07) is 8.06. The van der Waals surface area contributed by atoms with Gasteiger partial charge in [0.2, 0.25) is 0 Å². The second kappa shape index (κ2) is 10.2. The van der Waals surface area contributed by atoms with Crippen molar-refractivity contribution in [3.63, 3.8) is 0 Å². The lowest BCUT2D eigenvalue weighted by atomic mass is 10.0. The predicted molar refractivity (Wildman–Crippen MR) is 98.3 cm³/mol. The Balaban J connectivity index is 1.83. The Morgan fingerprint density at radius 1 is 1.04 bits per heavy atom. The SMILES string of the molecule is CCCCCC[C@H]1CCCC[C@@H](C[S@@](=O)c2ccc(C)cc2)O1. The fourth-order valence-corrected chi connectivity index (χ4v) is 4.46. The van der Waals surface area contributed by atoms with Gasteiger partial charge in [0.05, 0.1) is 28.8 Å². The first-order valence-electron chi connectivity index (χ1n) is 9.29. The highest BCUT2D eigenvalue weighted by Gasteiger charge is 2.22. The molecule has 0 aliphatic carbocycles. The van der Waals surface area contributed by atoms with Gasteiger partial charge in [-0.2, -0.15) is 0 Å². The van der Waals surface area contributed by atoms with Gasteiger partial charge in [-0.3, -0.25) is 4.21 Å². The van der Waals surface area contributed by atoms with E-state index in [0.29, 0.717) is 11.9 Å². The van der Waals surface area contributed by atoms with Crippen LogP contribution in [-0.2, 0) is 15.5 Å². The van der Waals surface area contributed by atoms with Gasteiger partial charge >= 0.3 is 0 Å². The zero-order chi connectivity index (χ0) is 16.5. The van der Waals surface area contributed by atoms with Crippen LogP contribution in [0, 0.1) is 6.92 Å². The van der Waals surface area contributed by atoms with E-state index in [1.807, 2.05) is 24.3 Å². The van der Waals surface area contributed by atoms with Crippen molar-refractivity contribution in [2.45, 2.75) is 88.7 Å². The quantitative estimate of drug-likeness (QED) is 0.594. The van der Waals surface area contributed by atoms with Crippen LogP contribution in [0.4, 0.5) is 0 Å². The molecule has 1 aromatic rings. The summed E-state index contributed by atoms with van der Waals surface area (Å²) in [5.41, 5.74) is 1.21. The summed E-state index contributed by atoms with van der Waals surface area (Å²) < 4.78 is 18.9. The highest BCUT2D eigenvalue weighted by molar-refractivity contribution is 7.85. The minimum absolute atomic E-state index is 0.163. The lowest BCUT2D eigenvalue weighted by Gasteiger charge is -2.21. The molecule has 1 aliphatic heterocycles. The lowest BCUT2D eigenvalue weighted by Crippen LogP contribution is -2.25. The van der Waals surface area contributed by atoms with Crippen molar-refractivity contribution in [2.75, 3.05) is 5.75 Å². The molecule has 0 radical (unpaired) electrons. The van der Waals surface area contributed by atoms with Crippen LogP contribution in [0.2, 0.25) is 0 Å². The van der Waals surface area contributed by atoms with Gasteiger partial charge < -0.3 is 4.74 Å². The van der Waals surface area contributed by atoms with Crippen LogP contribution in [0.1, 0.15) is 70.3 Å². The van der Waals surface area contributed by atoms with Gasteiger partial charge in [0.1, 0.15) is 0 Å². The van der Waals surface area contributed by atoms with Crippen molar-refractivity contribution in [1.29, 1.82) is 0 Å². The van der Waals surface area contributed by atoms with Gasteiger partial charge in [0, 0.05) is 4.90 Å². The van der Waals surface area contributed by atoms with E-state index in [2.05, 4.69) is 13.8 Å². The van der Waals surface area contributed by atoms with Crippen molar-refractivity contribution in [3.05, 3.63) is 29.8 Å². The van der Waals surface area contributed by atoms with E-state index in [9.17, 15) is 4.21 Å². The molecule has 1 heterocycles. The number of benzene rings is 1. The Hall–Kier alpha value is -0.670. The van der Waals surface area contributed by atoms with Crippen molar-refractivity contribution < 1.29 is 8.95 Å². The maximum absolute atomic E-state index is 12.6. The molecule has 0 amide bonds. The molecule has 2 nitrogen and oxygen atoms in total. The molecular formula is C20H32O2S. The van der Waals surface area contributed by atoms with E-state index in [0.717, 1.165) is 11.3 Å². The number of hydrogen-bond acceptors (Lipinski definition) is 2. The minimum atomic E-state index is -0.946. The zero-order valence-corrected chi connectivity index (χ0v) is 15.6. The maximum atomic E-state index is 12.6. The molecule has 130 valence electrons. The third-order valence-electron chi connectivity index (χ3n) is 4.69. The number of hydrogen-bond donors (Lipinski definition) is 0. The van der Waals surface area contributed by atoms with E-state index < -0.39 is 10.8 Å². The molecule has 1 saturated heterocycles. The Bertz CT molecular complexity index is 469. The molecule has 3 atom stereocenters. The summed E-state index contributed by atoms with van der Waals surface area (Å²) in [7, 11) is -0.946. The van der Waals surface area contributed by atoms with Gasteiger partial charge in [-0.05, 0) is 38.3 Å².